The zero-order valence-corrected chi connectivity index (χ0v) is 12.7. The molecule has 0 aromatic heterocycles. The minimum Gasteiger partial charge on any atom is -0.497 e. The predicted octanol–water partition coefficient (Wildman–Crippen LogP) is 2.32. The van der Waals surface area contributed by atoms with Gasteiger partial charge in [0.2, 0.25) is 5.91 Å². The van der Waals surface area contributed by atoms with E-state index in [0.29, 0.717) is 5.92 Å². The summed E-state index contributed by atoms with van der Waals surface area (Å²) in [6.07, 6.45) is 4.98. The lowest BCUT2D eigenvalue weighted by molar-refractivity contribution is -0.133. The number of nitrogens with one attached hydrogen (secondary N) is 1. The lowest BCUT2D eigenvalue weighted by Gasteiger charge is -2.40. The molecule has 3 N–H and O–H groups in total. The largest absolute Gasteiger partial charge is 0.497 e. The second-order valence-electron chi connectivity index (χ2n) is 6.43. The molecule has 1 fully saturated rings. The smallest absolute Gasteiger partial charge is 0.223 e. The van der Waals surface area contributed by atoms with Gasteiger partial charge in [0.05, 0.1) is 7.11 Å². The van der Waals surface area contributed by atoms with Gasteiger partial charge in [-0.05, 0) is 54.9 Å². The summed E-state index contributed by atoms with van der Waals surface area (Å²) in [5.74, 6) is 1.25. The molecule has 4 nitrogen and oxygen atoms in total. The Morgan fingerprint density at radius 1 is 1.48 bits per heavy atom. The number of primary amides is 1. The number of rotatable bonds is 5. The topological polar surface area (TPSA) is 64.3 Å². The molecule has 0 bridgehead atoms. The molecule has 114 valence electrons. The number of fused-ring (bicyclic) bond motifs is 1. The SMILES string of the molecule is COc1ccc2c(c1)C(CCC1(C(N)=O)CCC1)CNC2. The van der Waals surface area contributed by atoms with E-state index >= 15 is 0 Å². The Balaban J connectivity index is 1.74. The first kappa shape index (κ1) is 14.4. The highest BCUT2D eigenvalue weighted by Crippen LogP contribution is 2.46. The fraction of sp³-hybridized carbons (Fsp3) is 0.588. The maximum atomic E-state index is 11.7. The van der Waals surface area contributed by atoms with Crippen LogP contribution in [0.3, 0.4) is 0 Å². The first-order valence-corrected chi connectivity index (χ1v) is 7.82. The number of carbonyl (C=O) groups excluding carboxylic acids is 1. The normalized spacial score (nSPS) is 23.0. The van der Waals surface area contributed by atoms with E-state index in [2.05, 4.69) is 17.4 Å². The third kappa shape index (κ3) is 2.64. The molecule has 2 aliphatic rings. The van der Waals surface area contributed by atoms with E-state index in [-0.39, 0.29) is 11.3 Å². The Morgan fingerprint density at radius 3 is 2.90 bits per heavy atom. The number of ether oxygens (including phenoxy) is 1. The fourth-order valence-electron chi connectivity index (χ4n) is 3.66. The number of benzene rings is 1. The van der Waals surface area contributed by atoms with Crippen molar-refractivity contribution in [2.75, 3.05) is 13.7 Å². The highest BCUT2D eigenvalue weighted by Gasteiger charge is 2.42. The second kappa shape index (κ2) is 5.68. The van der Waals surface area contributed by atoms with Gasteiger partial charge in [0.1, 0.15) is 5.75 Å². The Hall–Kier alpha value is -1.55. The van der Waals surface area contributed by atoms with Gasteiger partial charge in [0.25, 0.3) is 0 Å². The standard InChI is InChI=1S/C17H24N2O2/c1-21-14-4-3-12-10-19-11-13(15(12)9-14)5-8-17(16(18)20)6-2-7-17/h3-4,9,13,19H,2,5-8,10-11H2,1H3,(H2,18,20). The Labute approximate surface area is 126 Å². The quantitative estimate of drug-likeness (QED) is 0.874. The molecule has 1 atom stereocenters. The number of hydrogen-bond acceptors (Lipinski definition) is 3. The number of amides is 1. The molecule has 21 heavy (non-hydrogen) atoms. The maximum absolute atomic E-state index is 11.7. The molecule has 1 amide bonds. The molecule has 1 saturated carbocycles. The minimum absolute atomic E-state index is 0.108. The van der Waals surface area contributed by atoms with Gasteiger partial charge in [-0.3, -0.25) is 4.79 Å². The average Bonchev–Trinajstić information content (AvgIpc) is 2.45. The minimum atomic E-state index is -0.226. The van der Waals surface area contributed by atoms with Gasteiger partial charge < -0.3 is 15.8 Å². The Kier molecular flexibility index (Phi) is 3.89. The van der Waals surface area contributed by atoms with Gasteiger partial charge in [0.15, 0.2) is 0 Å². The molecular formula is C17H24N2O2. The van der Waals surface area contributed by atoms with Crippen molar-refractivity contribution >= 4 is 5.91 Å². The molecular weight excluding hydrogens is 264 g/mol. The van der Waals surface area contributed by atoms with Crippen LogP contribution < -0.4 is 15.8 Å². The summed E-state index contributed by atoms with van der Waals surface area (Å²) in [6, 6.07) is 6.30. The van der Waals surface area contributed by atoms with Crippen molar-refractivity contribution in [1.29, 1.82) is 0 Å². The first-order valence-electron chi connectivity index (χ1n) is 7.82. The van der Waals surface area contributed by atoms with Gasteiger partial charge in [-0.25, -0.2) is 0 Å². The van der Waals surface area contributed by atoms with Crippen LogP contribution in [0.1, 0.15) is 49.1 Å². The number of methoxy groups -OCH3 is 1. The summed E-state index contributed by atoms with van der Waals surface area (Å²) >= 11 is 0. The zero-order valence-electron chi connectivity index (χ0n) is 12.7. The van der Waals surface area contributed by atoms with Crippen molar-refractivity contribution in [2.24, 2.45) is 11.1 Å². The van der Waals surface area contributed by atoms with E-state index in [1.54, 1.807) is 7.11 Å². The number of hydrogen-bond donors (Lipinski definition) is 2. The molecule has 1 aromatic rings. The third-order valence-electron chi connectivity index (χ3n) is 5.30. The van der Waals surface area contributed by atoms with Crippen molar-refractivity contribution in [3.05, 3.63) is 29.3 Å². The molecule has 1 unspecified atom stereocenters. The van der Waals surface area contributed by atoms with Crippen molar-refractivity contribution in [2.45, 2.75) is 44.6 Å². The molecule has 1 aromatic carbocycles. The highest BCUT2D eigenvalue weighted by atomic mass is 16.5. The summed E-state index contributed by atoms with van der Waals surface area (Å²) in [5.41, 5.74) is 8.10. The van der Waals surface area contributed by atoms with Gasteiger partial charge in [-0.15, -0.1) is 0 Å². The molecule has 0 spiro atoms. The van der Waals surface area contributed by atoms with Gasteiger partial charge in [0, 0.05) is 18.5 Å². The van der Waals surface area contributed by atoms with E-state index in [9.17, 15) is 4.79 Å². The van der Waals surface area contributed by atoms with Crippen LogP contribution in [0.5, 0.6) is 5.75 Å². The van der Waals surface area contributed by atoms with E-state index in [4.69, 9.17) is 10.5 Å². The average molecular weight is 288 g/mol. The number of carbonyl (C=O) groups is 1. The fourth-order valence-corrected chi connectivity index (χ4v) is 3.66. The van der Waals surface area contributed by atoms with E-state index in [0.717, 1.165) is 50.9 Å². The molecule has 3 rings (SSSR count). The van der Waals surface area contributed by atoms with Crippen LogP contribution in [0.2, 0.25) is 0 Å². The maximum Gasteiger partial charge on any atom is 0.223 e. The van der Waals surface area contributed by atoms with Crippen LogP contribution in [0, 0.1) is 5.41 Å². The van der Waals surface area contributed by atoms with Crippen molar-refractivity contribution in [3.63, 3.8) is 0 Å². The monoisotopic (exact) mass is 288 g/mol. The van der Waals surface area contributed by atoms with Crippen molar-refractivity contribution in [3.8, 4) is 5.75 Å². The van der Waals surface area contributed by atoms with Crippen LogP contribution >= 0.6 is 0 Å². The molecule has 0 saturated heterocycles. The second-order valence-corrected chi connectivity index (χ2v) is 6.43. The van der Waals surface area contributed by atoms with Crippen LogP contribution in [0.15, 0.2) is 18.2 Å². The predicted molar refractivity (Wildman–Crippen MR) is 82.2 cm³/mol. The zero-order chi connectivity index (χ0) is 14.9. The lowest BCUT2D eigenvalue weighted by atomic mass is 9.64. The van der Waals surface area contributed by atoms with Crippen LogP contribution in [-0.4, -0.2) is 19.6 Å². The van der Waals surface area contributed by atoms with E-state index in [1.807, 2.05) is 6.07 Å². The third-order valence-corrected chi connectivity index (χ3v) is 5.30. The van der Waals surface area contributed by atoms with Gasteiger partial charge >= 0.3 is 0 Å². The summed E-state index contributed by atoms with van der Waals surface area (Å²) in [6.45, 7) is 1.88. The van der Waals surface area contributed by atoms with E-state index in [1.165, 1.54) is 11.1 Å². The summed E-state index contributed by atoms with van der Waals surface area (Å²) in [5, 5.41) is 3.47. The van der Waals surface area contributed by atoms with Crippen LogP contribution in [0.4, 0.5) is 0 Å². The Morgan fingerprint density at radius 2 is 2.29 bits per heavy atom. The molecule has 1 heterocycles. The van der Waals surface area contributed by atoms with Crippen molar-refractivity contribution < 1.29 is 9.53 Å². The van der Waals surface area contributed by atoms with Crippen molar-refractivity contribution in [1.82, 2.24) is 5.32 Å². The van der Waals surface area contributed by atoms with Gasteiger partial charge in [-0.1, -0.05) is 12.5 Å². The summed E-state index contributed by atoms with van der Waals surface area (Å²) in [4.78, 5) is 11.7. The highest BCUT2D eigenvalue weighted by molar-refractivity contribution is 5.81. The molecule has 1 aliphatic carbocycles. The van der Waals surface area contributed by atoms with Gasteiger partial charge in [-0.2, -0.15) is 0 Å². The van der Waals surface area contributed by atoms with E-state index < -0.39 is 0 Å². The summed E-state index contributed by atoms with van der Waals surface area (Å²) < 4.78 is 5.35. The van der Waals surface area contributed by atoms with Crippen LogP contribution in [0.25, 0.3) is 0 Å². The number of nitrogens with two attached hydrogens (primary N) is 1. The molecule has 4 heteroatoms. The molecule has 0 radical (unpaired) electrons. The molecule has 1 aliphatic heterocycles. The summed E-state index contributed by atoms with van der Waals surface area (Å²) in [7, 11) is 1.70. The Bertz CT molecular complexity index is 538. The lowest BCUT2D eigenvalue weighted by Crippen LogP contribution is -2.43. The van der Waals surface area contributed by atoms with Crippen LogP contribution in [-0.2, 0) is 11.3 Å². The first-order chi connectivity index (χ1) is 10.1.